The number of nitrogens with two attached hydrogens (primary N) is 1. The first-order chi connectivity index (χ1) is 8.00. The molecule has 1 aromatic carbocycles. The fourth-order valence-electron chi connectivity index (χ4n) is 1.83. The number of carboxylic acids is 1. The van der Waals surface area contributed by atoms with E-state index in [2.05, 4.69) is 0 Å². The van der Waals surface area contributed by atoms with Crippen molar-refractivity contribution >= 4 is 23.4 Å². The third-order valence-corrected chi connectivity index (χ3v) is 2.76. The second kappa shape index (κ2) is 3.97. The first kappa shape index (κ1) is 11.3. The molecule has 6 nitrogen and oxygen atoms in total. The Morgan fingerprint density at radius 3 is 2.65 bits per heavy atom. The van der Waals surface area contributed by atoms with Gasteiger partial charge in [0.2, 0.25) is 0 Å². The topological polar surface area (TPSA) is 86.9 Å². The molecule has 0 bridgehead atoms. The van der Waals surface area contributed by atoms with E-state index < -0.39 is 5.97 Å². The van der Waals surface area contributed by atoms with Crippen LogP contribution in [0, 0.1) is 0 Å². The summed E-state index contributed by atoms with van der Waals surface area (Å²) in [5, 5.41) is 9.10. The van der Waals surface area contributed by atoms with Gasteiger partial charge in [-0.1, -0.05) is 0 Å². The Labute approximate surface area is 98.2 Å². The maximum atomic E-state index is 11.8. The lowest BCUT2D eigenvalue weighted by molar-refractivity contribution is 0.0698. The highest BCUT2D eigenvalue weighted by Gasteiger charge is 2.29. The molecule has 1 saturated heterocycles. The number of carbonyl (C=O) groups excluding carboxylic acids is 1. The number of benzene rings is 1. The Morgan fingerprint density at radius 1 is 1.41 bits per heavy atom. The minimum Gasteiger partial charge on any atom is -0.478 e. The van der Waals surface area contributed by atoms with Gasteiger partial charge in [0.25, 0.3) is 0 Å². The molecule has 6 heteroatoms. The second-order valence-electron chi connectivity index (χ2n) is 3.94. The third-order valence-electron chi connectivity index (χ3n) is 2.76. The highest BCUT2D eigenvalue weighted by molar-refractivity contribution is 6.02. The predicted octanol–water partition coefficient (Wildman–Crippen LogP) is 0.839. The van der Waals surface area contributed by atoms with Crippen molar-refractivity contribution in [3.63, 3.8) is 0 Å². The minimum atomic E-state index is -1.09. The van der Waals surface area contributed by atoms with Crippen molar-refractivity contribution in [1.82, 2.24) is 4.90 Å². The number of rotatable bonds is 2. The number of carboxylic acid groups (broad SMARTS) is 1. The van der Waals surface area contributed by atoms with E-state index in [9.17, 15) is 9.59 Å². The fourth-order valence-corrected chi connectivity index (χ4v) is 1.83. The van der Waals surface area contributed by atoms with Crippen molar-refractivity contribution in [3.05, 3.63) is 23.8 Å². The predicted molar refractivity (Wildman–Crippen MR) is 63.2 cm³/mol. The van der Waals surface area contributed by atoms with Crippen LogP contribution in [0.4, 0.5) is 16.2 Å². The van der Waals surface area contributed by atoms with Gasteiger partial charge in [-0.05, 0) is 18.2 Å². The summed E-state index contributed by atoms with van der Waals surface area (Å²) < 4.78 is 0. The van der Waals surface area contributed by atoms with Crippen molar-refractivity contribution in [2.75, 3.05) is 30.8 Å². The molecule has 0 spiro atoms. The lowest BCUT2D eigenvalue weighted by Crippen LogP contribution is -2.30. The molecule has 0 unspecified atom stereocenters. The van der Waals surface area contributed by atoms with E-state index in [1.54, 1.807) is 24.1 Å². The number of anilines is 2. The zero-order chi connectivity index (χ0) is 12.6. The van der Waals surface area contributed by atoms with Crippen LogP contribution in [0.25, 0.3) is 0 Å². The van der Waals surface area contributed by atoms with Gasteiger partial charge in [0.05, 0.1) is 11.3 Å². The van der Waals surface area contributed by atoms with E-state index in [1.807, 2.05) is 0 Å². The molecular formula is C11H13N3O3. The normalized spacial score (nSPS) is 15.5. The molecule has 1 aliphatic heterocycles. The highest BCUT2D eigenvalue weighted by atomic mass is 16.4. The average molecular weight is 235 g/mol. The molecule has 17 heavy (non-hydrogen) atoms. The Balaban J connectivity index is 2.45. The van der Waals surface area contributed by atoms with Crippen molar-refractivity contribution in [3.8, 4) is 0 Å². The number of likely N-dealkylation sites (N-methyl/N-ethyl adjacent to an activating group) is 1. The number of carbonyl (C=O) groups is 2. The van der Waals surface area contributed by atoms with Crippen molar-refractivity contribution in [1.29, 1.82) is 0 Å². The number of aromatic carboxylic acids is 1. The van der Waals surface area contributed by atoms with Crippen LogP contribution in [0.2, 0.25) is 0 Å². The van der Waals surface area contributed by atoms with Gasteiger partial charge >= 0.3 is 12.0 Å². The van der Waals surface area contributed by atoms with E-state index >= 15 is 0 Å². The summed E-state index contributed by atoms with van der Waals surface area (Å²) in [6.45, 7) is 1.07. The van der Waals surface area contributed by atoms with Crippen molar-refractivity contribution < 1.29 is 14.7 Å². The molecule has 1 aromatic rings. The zero-order valence-corrected chi connectivity index (χ0v) is 9.38. The van der Waals surface area contributed by atoms with Crippen LogP contribution < -0.4 is 10.6 Å². The van der Waals surface area contributed by atoms with E-state index in [-0.39, 0.29) is 11.6 Å². The number of hydrogen-bond donors (Lipinski definition) is 2. The summed E-state index contributed by atoms with van der Waals surface area (Å²) in [7, 11) is 1.68. The van der Waals surface area contributed by atoms with Gasteiger partial charge < -0.3 is 15.7 Å². The van der Waals surface area contributed by atoms with Gasteiger partial charge in [0.15, 0.2) is 0 Å². The number of hydrogen-bond acceptors (Lipinski definition) is 3. The number of amides is 2. The first-order valence-corrected chi connectivity index (χ1v) is 5.16. The molecule has 0 atom stereocenters. The summed E-state index contributed by atoms with van der Waals surface area (Å²) in [6, 6.07) is 4.32. The summed E-state index contributed by atoms with van der Waals surface area (Å²) in [6.07, 6.45) is 0. The van der Waals surface area contributed by atoms with E-state index in [0.717, 1.165) is 0 Å². The van der Waals surface area contributed by atoms with Crippen LogP contribution in [0.15, 0.2) is 18.2 Å². The highest BCUT2D eigenvalue weighted by Crippen LogP contribution is 2.26. The second-order valence-corrected chi connectivity index (χ2v) is 3.94. The smallest absolute Gasteiger partial charge is 0.337 e. The Hall–Kier alpha value is -2.24. The molecule has 0 saturated carbocycles. The van der Waals surface area contributed by atoms with Crippen molar-refractivity contribution in [2.24, 2.45) is 0 Å². The molecule has 90 valence electrons. The summed E-state index contributed by atoms with van der Waals surface area (Å²) in [5.41, 5.74) is 6.36. The zero-order valence-electron chi connectivity index (χ0n) is 9.38. The Bertz CT molecular complexity index is 487. The molecule has 3 N–H and O–H groups in total. The molecule has 0 aromatic heterocycles. The molecule has 1 aliphatic rings. The molecule has 0 aliphatic carbocycles. The van der Waals surface area contributed by atoms with Gasteiger partial charge in [-0.25, -0.2) is 9.59 Å². The van der Waals surface area contributed by atoms with Gasteiger partial charge in [0, 0.05) is 25.8 Å². The third kappa shape index (κ3) is 1.89. The van der Waals surface area contributed by atoms with E-state index in [1.165, 1.54) is 11.0 Å². The van der Waals surface area contributed by atoms with Crippen LogP contribution >= 0.6 is 0 Å². The van der Waals surface area contributed by atoms with Crippen molar-refractivity contribution in [2.45, 2.75) is 0 Å². The lowest BCUT2D eigenvalue weighted by atomic mass is 10.1. The average Bonchev–Trinajstić information content (AvgIpc) is 2.60. The van der Waals surface area contributed by atoms with Crippen LogP contribution in [-0.2, 0) is 0 Å². The quantitative estimate of drug-likeness (QED) is 0.743. The molecular weight excluding hydrogens is 222 g/mol. The maximum absolute atomic E-state index is 11.8. The monoisotopic (exact) mass is 235 g/mol. The van der Waals surface area contributed by atoms with E-state index in [4.69, 9.17) is 10.8 Å². The SMILES string of the molecule is CN1CCN(c2ccc(N)cc2C(=O)O)C1=O. The molecule has 0 radical (unpaired) electrons. The summed E-state index contributed by atoms with van der Waals surface area (Å²) in [5.74, 6) is -1.09. The van der Waals surface area contributed by atoms with Gasteiger partial charge in [-0.3, -0.25) is 4.90 Å². The van der Waals surface area contributed by atoms with Gasteiger partial charge in [-0.2, -0.15) is 0 Å². The summed E-state index contributed by atoms with van der Waals surface area (Å²) >= 11 is 0. The number of urea groups is 1. The standard InChI is InChI=1S/C11H13N3O3/c1-13-4-5-14(11(13)17)9-3-2-7(12)6-8(9)10(15)16/h2-3,6H,4-5,12H2,1H3,(H,15,16). The van der Waals surface area contributed by atoms with Crippen LogP contribution in [0.3, 0.4) is 0 Å². The lowest BCUT2D eigenvalue weighted by Gasteiger charge is -2.18. The number of nitrogen functional groups attached to an aromatic ring is 1. The van der Waals surface area contributed by atoms with Crippen LogP contribution in [-0.4, -0.2) is 42.1 Å². The van der Waals surface area contributed by atoms with Crippen LogP contribution in [0.1, 0.15) is 10.4 Å². The van der Waals surface area contributed by atoms with E-state index in [0.29, 0.717) is 24.5 Å². The van der Waals surface area contributed by atoms with Gasteiger partial charge in [0.1, 0.15) is 0 Å². The van der Waals surface area contributed by atoms with Crippen LogP contribution in [0.5, 0.6) is 0 Å². The van der Waals surface area contributed by atoms with Gasteiger partial charge in [-0.15, -0.1) is 0 Å². The number of nitrogens with zero attached hydrogens (tertiary/aromatic N) is 2. The maximum Gasteiger partial charge on any atom is 0.337 e. The molecule has 1 heterocycles. The Morgan fingerprint density at radius 2 is 2.12 bits per heavy atom. The molecule has 2 amide bonds. The Kier molecular flexibility index (Phi) is 2.63. The minimum absolute atomic E-state index is 0.0497. The first-order valence-electron chi connectivity index (χ1n) is 5.16. The summed E-state index contributed by atoms with van der Waals surface area (Å²) in [4.78, 5) is 25.9. The molecule has 1 fully saturated rings. The molecule has 2 rings (SSSR count). The fraction of sp³-hybridized carbons (Fsp3) is 0.273. The largest absolute Gasteiger partial charge is 0.478 e.